The van der Waals surface area contributed by atoms with Gasteiger partial charge in [-0.1, -0.05) is 91.0 Å². The number of rotatable bonds is 24. The first-order valence-corrected chi connectivity index (χ1v) is 17.1. The summed E-state index contributed by atoms with van der Waals surface area (Å²) in [6, 6.07) is 28.5. The number of nitrogens with one attached hydrogen (secondary N) is 2. The predicted molar refractivity (Wildman–Crippen MR) is 189 cm³/mol. The molecule has 0 radical (unpaired) electrons. The van der Waals surface area contributed by atoms with Crippen molar-refractivity contribution in [2.45, 2.75) is 58.7 Å². The second-order valence-electron chi connectivity index (χ2n) is 11.5. The number of hydrogen-bond acceptors (Lipinski definition) is 9. The number of ether oxygens (including phenoxy) is 4. The number of hydrogen-bond donors (Lipinski definition) is 2. The number of benzene rings is 3. The second kappa shape index (κ2) is 24.2. The molecule has 270 valence electrons. The predicted octanol–water partition coefficient (Wildman–Crippen LogP) is 5.27. The summed E-state index contributed by atoms with van der Waals surface area (Å²) >= 11 is 0. The van der Waals surface area contributed by atoms with Crippen LogP contribution in [0.25, 0.3) is 0 Å². The maximum absolute atomic E-state index is 13.3. The van der Waals surface area contributed by atoms with E-state index in [1.807, 2.05) is 91.0 Å². The highest BCUT2D eigenvalue weighted by Gasteiger charge is 2.20. The van der Waals surface area contributed by atoms with Crippen LogP contribution in [0.3, 0.4) is 0 Å². The standard InChI is InChI=1S/C38H50N4O8/c1-2-47-36(44)27-39-22-14-25-41(37(45)49-29-33-17-8-4-9-18-33)23-12-13-24-42(38(46)50-30-34-19-10-5-11-20-34)26-21-35(40-31-43)48-28-32-15-6-3-7-16-32/h3-11,15-20,31,35,39H,2,12-14,21-30H2,1H3,(H,40,43). The average molecular weight is 691 g/mol. The van der Waals surface area contributed by atoms with Gasteiger partial charge in [0.15, 0.2) is 0 Å². The van der Waals surface area contributed by atoms with E-state index in [1.165, 1.54) is 0 Å². The summed E-state index contributed by atoms with van der Waals surface area (Å²) < 4.78 is 22.1. The van der Waals surface area contributed by atoms with Crippen LogP contribution >= 0.6 is 0 Å². The third kappa shape index (κ3) is 16.4. The van der Waals surface area contributed by atoms with Crippen molar-refractivity contribution in [1.82, 2.24) is 20.4 Å². The molecule has 1 unspecified atom stereocenters. The Bertz CT molecular complexity index is 1380. The van der Waals surface area contributed by atoms with Gasteiger partial charge in [0, 0.05) is 32.6 Å². The zero-order chi connectivity index (χ0) is 35.7. The third-order valence-electron chi connectivity index (χ3n) is 7.60. The quantitative estimate of drug-likeness (QED) is 0.0424. The van der Waals surface area contributed by atoms with Gasteiger partial charge in [-0.2, -0.15) is 0 Å². The van der Waals surface area contributed by atoms with E-state index < -0.39 is 18.4 Å². The van der Waals surface area contributed by atoms with E-state index in [9.17, 15) is 19.2 Å². The zero-order valence-corrected chi connectivity index (χ0v) is 28.9. The number of carbonyl (C=O) groups excluding carboxylic acids is 4. The molecule has 50 heavy (non-hydrogen) atoms. The minimum atomic E-state index is -0.607. The van der Waals surface area contributed by atoms with Crippen LogP contribution in [0.4, 0.5) is 9.59 Å². The van der Waals surface area contributed by atoms with Crippen LogP contribution in [-0.4, -0.2) is 86.5 Å². The molecule has 0 aromatic heterocycles. The van der Waals surface area contributed by atoms with Gasteiger partial charge in [-0.05, 0) is 49.4 Å². The van der Waals surface area contributed by atoms with Crippen molar-refractivity contribution in [3.05, 3.63) is 108 Å². The third-order valence-corrected chi connectivity index (χ3v) is 7.60. The molecular weight excluding hydrogens is 640 g/mol. The first kappa shape index (κ1) is 39.5. The Hall–Kier alpha value is -4.94. The van der Waals surface area contributed by atoms with Gasteiger partial charge >= 0.3 is 18.2 Å². The average Bonchev–Trinajstić information content (AvgIpc) is 3.15. The fourth-order valence-corrected chi connectivity index (χ4v) is 4.95. The maximum Gasteiger partial charge on any atom is 0.410 e. The molecule has 1 atom stereocenters. The molecule has 0 aliphatic rings. The zero-order valence-electron chi connectivity index (χ0n) is 28.9. The number of nitrogens with zero attached hydrogens (tertiary/aromatic N) is 2. The molecule has 3 aromatic carbocycles. The SMILES string of the molecule is CCOC(=O)CNCCCN(CCCCN(CCC(NC=O)OCc1ccccc1)C(=O)OCc1ccccc1)C(=O)OCc1ccccc1. The van der Waals surface area contributed by atoms with Crippen molar-refractivity contribution in [3.63, 3.8) is 0 Å². The molecule has 3 amide bonds. The van der Waals surface area contributed by atoms with Crippen LogP contribution in [0.5, 0.6) is 0 Å². The lowest BCUT2D eigenvalue weighted by molar-refractivity contribution is -0.142. The second-order valence-corrected chi connectivity index (χ2v) is 11.5. The van der Waals surface area contributed by atoms with Crippen molar-refractivity contribution >= 4 is 24.6 Å². The van der Waals surface area contributed by atoms with Crippen LogP contribution in [0.2, 0.25) is 0 Å². The molecule has 12 heteroatoms. The fourth-order valence-electron chi connectivity index (χ4n) is 4.95. The van der Waals surface area contributed by atoms with Crippen molar-refractivity contribution in [2.24, 2.45) is 0 Å². The Labute approximate surface area is 295 Å². The van der Waals surface area contributed by atoms with Gasteiger partial charge in [0.25, 0.3) is 0 Å². The molecule has 0 fully saturated rings. The summed E-state index contributed by atoms with van der Waals surface area (Å²) in [6.45, 7) is 4.76. The van der Waals surface area contributed by atoms with Gasteiger partial charge in [-0.15, -0.1) is 0 Å². The summed E-state index contributed by atoms with van der Waals surface area (Å²) in [4.78, 5) is 52.6. The van der Waals surface area contributed by atoms with Crippen LogP contribution in [0.15, 0.2) is 91.0 Å². The van der Waals surface area contributed by atoms with E-state index >= 15 is 0 Å². The highest BCUT2D eigenvalue weighted by molar-refractivity contribution is 5.71. The largest absolute Gasteiger partial charge is 0.465 e. The van der Waals surface area contributed by atoms with Crippen LogP contribution < -0.4 is 10.6 Å². The summed E-state index contributed by atoms with van der Waals surface area (Å²) in [5.41, 5.74) is 2.72. The molecule has 3 rings (SSSR count). The lowest BCUT2D eigenvalue weighted by atomic mass is 10.2. The minimum absolute atomic E-state index is 0.100. The van der Waals surface area contributed by atoms with Gasteiger partial charge < -0.3 is 39.4 Å². The Morgan fingerprint density at radius 3 is 1.64 bits per heavy atom. The molecule has 0 aliphatic carbocycles. The minimum Gasteiger partial charge on any atom is -0.465 e. The first-order chi connectivity index (χ1) is 24.5. The van der Waals surface area contributed by atoms with E-state index in [0.717, 1.165) is 16.7 Å². The normalized spacial score (nSPS) is 11.2. The summed E-state index contributed by atoms with van der Waals surface area (Å²) in [6.07, 6.45) is 1.20. The molecular formula is C38H50N4O8. The molecule has 3 aromatic rings. The smallest absolute Gasteiger partial charge is 0.410 e. The number of carbonyl (C=O) groups is 4. The van der Waals surface area contributed by atoms with Crippen molar-refractivity contribution in [2.75, 3.05) is 45.9 Å². The van der Waals surface area contributed by atoms with Gasteiger partial charge in [-0.3, -0.25) is 9.59 Å². The topological polar surface area (TPSA) is 136 Å². The molecule has 0 saturated carbocycles. The van der Waals surface area contributed by atoms with E-state index in [-0.39, 0.29) is 32.3 Å². The fraction of sp³-hybridized carbons (Fsp3) is 0.421. The van der Waals surface area contributed by atoms with Crippen LogP contribution in [0, 0.1) is 0 Å². The number of esters is 1. The molecule has 0 bridgehead atoms. The van der Waals surface area contributed by atoms with Crippen LogP contribution in [0.1, 0.15) is 49.3 Å². The van der Waals surface area contributed by atoms with Gasteiger partial charge in [0.1, 0.15) is 19.4 Å². The molecule has 0 aliphatic heterocycles. The van der Waals surface area contributed by atoms with Crippen molar-refractivity contribution in [1.29, 1.82) is 0 Å². The summed E-state index contributed by atoms with van der Waals surface area (Å²) in [5, 5.41) is 5.74. The van der Waals surface area contributed by atoms with Gasteiger partial charge in [0.05, 0.1) is 19.8 Å². The highest BCUT2D eigenvalue weighted by atomic mass is 16.6. The molecule has 0 heterocycles. The molecule has 2 N–H and O–H groups in total. The molecule has 0 spiro atoms. The maximum atomic E-state index is 13.3. The Kier molecular flexibility index (Phi) is 19.1. The Balaban J connectivity index is 1.56. The summed E-state index contributed by atoms with van der Waals surface area (Å²) in [5.74, 6) is -0.325. The van der Waals surface area contributed by atoms with E-state index in [2.05, 4.69) is 10.6 Å². The van der Waals surface area contributed by atoms with Crippen LogP contribution in [-0.2, 0) is 48.4 Å². The highest BCUT2D eigenvalue weighted by Crippen LogP contribution is 2.11. The first-order valence-electron chi connectivity index (χ1n) is 17.1. The van der Waals surface area contributed by atoms with E-state index in [0.29, 0.717) is 71.5 Å². The molecule has 12 nitrogen and oxygen atoms in total. The summed E-state index contributed by atoms with van der Waals surface area (Å²) in [7, 11) is 0. The lowest BCUT2D eigenvalue weighted by Gasteiger charge is -2.26. The van der Waals surface area contributed by atoms with E-state index in [1.54, 1.807) is 16.7 Å². The lowest BCUT2D eigenvalue weighted by Crippen LogP contribution is -2.39. The van der Waals surface area contributed by atoms with E-state index in [4.69, 9.17) is 18.9 Å². The number of unbranched alkanes of at least 4 members (excludes halogenated alkanes) is 1. The van der Waals surface area contributed by atoms with Gasteiger partial charge in [-0.25, -0.2) is 9.59 Å². The Morgan fingerprint density at radius 2 is 1.14 bits per heavy atom. The van der Waals surface area contributed by atoms with Gasteiger partial charge in [0.2, 0.25) is 6.41 Å². The Morgan fingerprint density at radius 1 is 0.660 bits per heavy atom. The molecule has 0 saturated heterocycles. The number of amides is 3. The van der Waals surface area contributed by atoms with Crippen molar-refractivity contribution < 1.29 is 38.1 Å². The van der Waals surface area contributed by atoms with Crippen molar-refractivity contribution in [3.8, 4) is 0 Å². The monoisotopic (exact) mass is 690 g/mol.